The second-order valence-corrected chi connectivity index (χ2v) is 9.89. The maximum Gasteiger partial charge on any atom is 0.338 e. The van der Waals surface area contributed by atoms with Crippen molar-refractivity contribution >= 4 is 46.6 Å². The number of esters is 1. The average molecular weight is 539 g/mol. The van der Waals surface area contributed by atoms with Crippen LogP contribution in [0.2, 0.25) is 10.0 Å². The van der Waals surface area contributed by atoms with E-state index < -0.39 is 12.0 Å². The Hall–Kier alpha value is -3.39. The number of ether oxygens (including phenoxy) is 1. The number of hydrogen-bond donors (Lipinski definition) is 0. The summed E-state index contributed by atoms with van der Waals surface area (Å²) in [7, 11) is 0. The first-order valence-corrected chi connectivity index (χ1v) is 12.7. The summed E-state index contributed by atoms with van der Waals surface area (Å²) in [6.45, 7) is 3.73. The van der Waals surface area contributed by atoms with Gasteiger partial charge in [-0.2, -0.15) is 0 Å². The molecule has 2 aromatic heterocycles. The van der Waals surface area contributed by atoms with Crippen molar-refractivity contribution in [1.82, 2.24) is 4.57 Å². The number of nitrogens with zero attached hydrogens (tertiary/aromatic N) is 2. The number of hydrogen-bond acceptors (Lipinski definition) is 6. The van der Waals surface area contributed by atoms with Gasteiger partial charge in [0.15, 0.2) is 4.80 Å². The molecule has 0 radical (unpaired) electrons. The van der Waals surface area contributed by atoms with Crippen LogP contribution in [0.5, 0.6) is 0 Å². The zero-order chi connectivity index (χ0) is 25.4. The quantitative estimate of drug-likeness (QED) is 0.320. The maximum absolute atomic E-state index is 13.6. The Morgan fingerprint density at radius 3 is 2.67 bits per heavy atom. The lowest BCUT2D eigenvalue weighted by Crippen LogP contribution is -2.39. The van der Waals surface area contributed by atoms with Gasteiger partial charge < -0.3 is 9.15 Å². The summed E-state index contributed by atoms with van der Waals surface area (Å²) in [4.78, 5) is 31.6. The molecule has 3 heterocycles. The minimum atomic E-state index is -0.649. The number of allylic oxidation sites excluding steroid dienone is 1. The Bertz CT molecular complexity index is 1680. The summed E-state index contributed by atoms with van der Waals surface area (Å²) in [5.41, 5.74) is 2.08. The van der Waals surface area contributed by atoms with E-state index in [-0.39, 0.29) is 12.2 Å². The van der Waals surface area contributed by atoms with Crippen LogP contribution in [0.3, 0.4) is 0 Å². The summed E-state index contributed by atoms with van der Waals surface area (Å²) in [5.74, 6) is 0.551. The first-order valence-electron chi connectivity index (χ1n) is 11.2. The van der Waals surface area contributed by atoms with Crippen molar-refractivity contribution in [1.29, 1.82) is 0 Å². The largest absolute Gasteiger partial charge is 0.463 e. The van der Waals surface area contributed by atoms with Gasteiger partial charge in [-0.3, -0.25) is 9.36 Å². The molecular formula is C27H20Cl2N2O4S. The van der Waals surface area contributed by atoms with Crippen LogP contribution in [0, 0.1) is 0 Å². The van der Waals surface area contributed by atoms with Crippen molar-refractivity contribution in [2.24, 2.45) is 4.99 Å². The molecule has 1 atom stereocenters. The van der Waals surface area contributed by atoms with Crippen LogP contribution in [0.25, 0.3) is 17.4 Å². The molecule has 9 heteroatoms. The predicted molar refractivity (Wildman–Crippen MR) is 141 cm³/mol. The number of benzene rings is 2. The van der Waals surface area contributed by atoms with Crippen LogP contribution < -0.4 is 14.9 Å². The van der Waals surface area contributed by atoms with Crippen LogP contribution in [-0.4, -0.2) is 17.1 Å². The molecule has 1 unspecified atom stereocenters. The van der Waals surface area contributed by atoms with Gasteiger partial charge in [0.25, 0.3) is 5.56 Å². The fourth-order valence-corrected chi connectivity index (χ4v) is 5.66. The van der Waals surface area contributed by atoms with E-state index in [4.69, 9.17) is 32.4 Å². The molecule has 0 saturated carbocycles. The molecule has 1 aliphatic heterocycles. The average Bonchev–Trinajstić information content (AvgIpc) is 3.43. The van der Waals surface area contributed by atoms with Crippen molar-refractivity contribution in [2.75, 3.05) is 6.61 Å². The Morgan fingerprint density at radius 1 is 1.17 bits per heavy atom. The SMILES string of the molecule is CCOC(=O)C1=C(C)N=c2s/c(=C/c3ccc(-c4ccc(Cl)cc4Cl)o3)c(=O)n2C1c1ccccc1. The van der Waals surface area contributed by atoms with E-state index in [2.05, 4.69) is 4.99 Å². The summed E-state index contributed by atoms with van der Waals surface area (Å²) >= 11 is 13.6. The van der Waals surface area contributed by atoms with Gasteiger partial charge in [0.1, 0.15) is 11.5 Å². The molecule has 0 spiro atoms. The number of rotatable bonds is 5. The molecule has 0 amide bonds. The van der Waals surface area contributed by atoms with Gasteiger partial charge in [0.2, 0.25) is 0 Å². The van der Waals surface area contributed by atoms with Crippen molar-refractivity contribution in [3.05, 3.63) is 113 Å². The fraction of sp³-hybridized carbons (Fsp3) is 0.148. The van der Waals surface area contributed by atoms with Crippen molar-refractivity contribution in [3.63, 3.8) is 0 Å². The smallest absolute Gasteiger partial charge is 0.338 e. The third-order valence-electron chi connectivity index (χ3n) is 5.73. The van der Waals surface area contributed by atoms with Gasteiger partial charge in [-0.15, -0.1) is 0 Å². The molecule has 0 fully saturated rings. The number of carbonyl (C=O) groups is 1. The molecule has 5 rings (SSSR count). The predicted octanol–water partition coefficient (Wildman–Crippen LogP) is 5.37. The molecule has 0 N–H and O–H groups in total. The Balaban J connectivity index is 1.63. The lowest BCUT2D eigenvalue weighted by molar-refractivity contribution is -0.139. The van der Waals surface area contributed by atoms with Crippen molar-refractivity contribution < 1.29 is 13.9 Å². The second-order valence-electron chi connectivity index (χ2n) is 8.04. The van der Waals surface area contributed by atoms with E-state index in [0.29, 0.717) is 47.7 Å². The summed E-state index contributed by atoms with van der Waals surface area (Å²) in [6.07, 6.45) is 1.67. The van der Waals surface area contributed by atoms with Gasteiger partial charge in [-0.1, -0.05) is 64.9 Å². The Morgan fingerprint density at radius 2 is 1.94 bits per heavy atom. The first-order chi connectivity index (χ1) is 17.4. The van der Waals surface area contributed by atoms with Gasteiger partial charge in [-0.05, 0) is 49.7 Å². The number of fused-ring (bicyclic) bond motifs is 1. The normalized spacial score (nSPS) is 15.6. The number of furan rings is 1. The highest BCUT2D eigenvalue weighted by Crippen LogP contribution is 2.32. The number of carbonyl (C=O) groups excluding carboxylic acids is 1. The molecule has 182 valence electrons. The highest BCUT2D eigenvalue weighted by Gasteiger charge is 2.33. The van der Waals surface area contributed by atoms with Crippen LogP contribution in [0.1, 0.15) is 31.2 Å². The van der Waals surface area contributed by atoms with Crippen LogP contribution in [-0.2, 0) is 9.53 Å². The molecule has 0 bridgehead atoms. The minimum Gasteiger partial charge on any atom is -0.463 e. The van der Waals surface area contributed by atoms with E-state index in [9.17, 15) is 9.59 Å². The monoisotopic (exact) mass is 538 g/mol. The fourth-order valence-electron chi connectivity index (χ4n) is 4.14. The zero-order valence-electron chi connectivity index (χ0n) is 19.3. The van der Waals surface area contributed by atoms with Crippen molar-refractivity contribution in [3.8, 4) is 11.3 Å². The molecule has 0 saturated heterocycles. The summed E-state index contributed by atoms with van der Waals surface area (Å²) < 4.78 is 13.3. The molecule has 36 heavy (non-hydrogen) atoms. The van der Waals surface area contributed by atoms with E-state index >= 15 is 0 Å². The van der Waals surface area contributed by atoms with Crippen LogP contribution >= 0.6 is 34.5 Å². The van der Waals surface area contributed by atoms with E-state index in [1.807, 2.05) is 30.3 Å². The van der Waals surface area contributed by atoms with Gasteiger partial charge in [0, 0.05) is 16.7 Å². The van der Waals surface area contributed by atoms with E-state index in [0.717, 1.165) is 5.56 Å². The zero-order valence-corrected chi connectivity index (χ0v) is 21.7. The molecule has 0 aliphatic carbocycles. The van der Waals surface area contributed by atoms with E-state index in [1.165, 1.54) is 11.3 Å². The first kappa shape index (κ1) is 24.3. The second kappa shape index (κ2) is 9.93. The number of aromatic nitrogens is 1. The third kappa shape index (κ3) is 4.46. The maximum atomic E-state index is 13.6. The lowest BCUT2D eigenvalue weighted by atomic mass is 9.96. The van der Waals surface area contributed by atoms with Gasteiger partial charge >= 0.3 is 5.97 Å². The standard InChI is InChI=1S/C27H20Cl2N2O4S/c1-3-34-26(33)23-15(2)30-27-31(24(23)16-7-5-4-6-8-16)25(32)22(36-27)14-18-10-12-21(35-18)19-11-9-17(28)13-20(19)29/h4-14,24H,3H2,1-2H3/b22-14+. The highest BCUT2D eigenvalue weighted by atomic mass is 35.5. The molecule has 1 aliphatic rings. The van der Waals surface area contributed by atoms with Crippen molar-refractivity contribution in [2.45, 2.75) is 19.9 Å². The minimum absolute atomic E-state index is 0.222. The number of halogens is 2. The summed E-state index contributed by atoms with van der Waals surface area (Å²) in [6, 6.07) is 17.4. The van der Waals surface area contributed by atoms with Gasteiger partial charge in [0.05, 0.1) is 33.5 Å². The topological polar surface area (TPSA) is 73.8 Å². The highest BCUT2D eigenvalue weighted by molar-refractivity contribution is 7.07. The van der Waals surface area contributed by atoms with Crippen LogP contribution in [0.15, 0.2) is 86.1 Å². The third-order valence-corrected chi connectivity index (χ3v) is 7.26. The summed E-state index contributed by atoms with van der Waals surface area (Å²) in [5, 5.41) is 0.995. The molecule has 6 nitrogen and oxygen atoms in total. The Kier molecular flexibility index (Phi) is 6.71. The number of thiazole rings is 1. The lowest BCUT2D eigenvalue weighted by Gasteiger charge is -2.24. The Labute approximate surface area is 220 Å². The van der Waals surface area contributed by atoms with Crippen LogP contribution in [0.4, 0.5) is 0 Å². The van der Waals surface area contributed by atoms with E-state index in [1.54, 1.807) is 54.8 Å². The molecular weight excluding hydrogens is 519 g/mol. The molecule has 4 aromatic rings. The molecule has 2 aromatic carbocycles. The van der Waals surface area contributed by atoms with Gasteiger partial charge in [-0.25, -0.2) is 9.79 Å².